The van der Waals surface area contributed by atoms with Crippen LogP contribution < -0.4 is 14.9 Å². The maximum absolute atomic E-state index is 12.1. The average Bonchev–Trinajstić information content (AvgIpc) is 2.62. The fourth-order valence-electron chi connectivity index (χ4n) is 1.91. The number of terminal acetylenes is 1. The molecule has 0 saturated heterocycles. The van der Waals surface area contributed by atoms with Crippen LogP contribution in [-0.2, 0) is 4.79 Å². The smallest absolute Gasteiger partial charge is 0.280 e. The maximum Gasteiger partial charge on any atom is 0.280 e. The van der Waals surface area contributed by atoms with Gasteiger partial charge >= 0.3 is 0 Å². The van der Waals surface area contributed by atoms with Crippen molar-refractivity contribution in [2.75, 3.05) is 6.61 Å². The molecule has 5 nitrogen and oxygen atoms in total. The van der Waals surface area contributed by atoms with Crippen LogP contribution in [0.2, 0.25) is 0 Å². The van der Waals surface area contributed by atoms with Gasteiger partial charge < -0.3 is 9.47 Å². The van der Waals surface area contributed by atoms with Crippen LogP contribution in [-0.4, -0.2) is 24.8 Å². The molecule has 2 aromatic rings. The van der Waals surface area contributed by atoms with E-state index in [1.54, 1.807) is 19.1 Å². The van der Waals surface area contributed by atoms with Gasteiger partial charge in [0.15, 0.2) is 6.10 Å². The van der Waals surface area contributed by atoms with Crippen molar-refractivity contribution in [2.24, 2.45) is 5.10 Å². The predicted molar refractivity (Wildman–Crippen MR) is 108 cm³/mol. The summed E-state index contributed by atoms with van der Waals surface area (Å²) in [7, 11) is 0. The summed E-state index contributed by atoms with van der Waals surface area (Å²) in [4.78, 5) is 12.1. The van der Waals surface area contributed by atoms with Crippen molar-refractivity contribution in [3.63, 3.8) is 0 Å². The van der Waals surface area contributed by atoms with Crippen LogP contribution in [0.5, 0.6) is 11.5 Å². The topological polar surface area (TPSA) is 59.9 Å². The van der Waals surface area contributed by atoms with Gasteiger partial charge in [-0.2, -0.15) is 5.10 Å². The Kier molecular flexibility index (Phi) is 7.70. The van der Waals surface area contributed by atoms with Gasteiger partial charge in [-0.1, -0.05) is 34.0 Å². The lowest BCUT2D eigenvalue weighted by molar-refractivity contribution is -0.127. The van der Waals surface area contributed by atoms with Crippen molar-refractivity contribution in [1.82, 2.24) is 5.43 Å². The number of nitrogens with zero attached hydrogens (tertiary/aromatic N) is 1. The third-order valence-corrected chi connectivity index (χ3v) is 4.32. The number of rotatable bonds is 7. The zero-order valence-corrected chi connectivity index (χ0v) is 17.1. The largest absolute Gasteiger partial charge is 0.480 e. The molecule has 0 aromatic heterocycles. The van der Waals surface area contributed by atoms with Crippen LogP contribution in [0.1, 0.15) is 12.5 Å². The molecule has 26 heavy (non-hydrogen) atoms. The molecule has 1 amide bonds. The lowest BCUT2D eigenvalue weighted by atomic mass is 10.2. The number of hydrogen-bond donors (Lipinski definition) is 1. The highest BCUT2D eigenvalue weighted by Crippen LogP contribution is 2.25. The summed E-state index contributed by atoms with van der Waals surface area (Å²) < 4.78 is 12.7. The van der Waals surface area contributed by atoms with Gasteiger partial charge in [0.05, 0.1) is 10.7 Å². The predicted octanol–water partition coefficient (Wildman–Crippen LogP) is 4.14. The van der Waals surface area contributed by atoms with Gasteiger partial charge in [0.2, 0.25) is 0 Å². The zero-order chi connectivity index (χ0) is 18.9. The van der Waals surface area contributed by atoms with Crippen molar-refractivity contribution in [1.29, 1.82) is 0 Å². The molecule has 7 heteroatoms. The number of benzene rings is 2. The number of hydrazone groups is 1. The second-order valence-corrected chi connectivity index (χ2v) is 6.87. The summed E-state index contributed by atoms with van der Waals surface area (Å²) >= 11 is 6.76. The van der Waals surface area contributed by atoms with Crippen molar-refractivity contribution in [3.05, 3.63) is 57.0 Å². The molecule has 0 heterocycles. The van der Waals surface area contributed by atoms with E-state index in [1.807, 2.05) is 30.3 Å². The number of hydrogen-bond acceptors (Lipinski definition) is 4. The fraction of sp³-hybridized carbons (Fsp3) is 0.158. The minimum atomic E-state index is -0.717. The number of nitrogens with one attached hydrogen (secondary N) is 1. The highest BCUT2D eigenvalue weighted by atomic mass is 79.9. The lowest BCUT2D eigenvalue weighted by Crippen LogP contribution is -2.33. The van der Waals surface area contributed by atoms with Gasteiger partial charge in [0, 0.05) is 10.0 Å². The highest BCUT2D eigenvalue weighted by Gasteiger charge is 2.15. The normalized spacial score (nSPS) is 11.6. The number of halogens is 2. The molecule has 134 valence electrons. The third kappa shape index (κ3) is 5.90. The van der Waals surface area contributed by atoms with Gasteiger partial charge in [-0.3, -0.25) is 4.79 Å². The average molecular weight is 480 g/mol. The number of carbonyl (C=O) groups excluding carboxylic acids is 1. The summed E-state index contributed by atoms with van der Waals surface area (Å²) in [6, 6.07) is 12.7. The SMILES string of the molecule is C#CCOc1ccc(Br)cc1C=NNC(=O)[C@H](C)Oc1ccccc1Br. The van der Waals surface area contributed by atoms with Crippen LogP contribution in [0.3, 0.4) is 0 Å². The molecule has 0 aliphatic rings. The molecule has 0 saturated carbocycles. The standard InChI is InChI=1S/C19H16Br2N2O3/c1-3-10-25-17-9-8-15(20)11-14(17)12-22-23-19(24)13(2)26-18-7-5-4-6-16(18)21/h1,4-9,11-13H,10H2,2H3,(H,23,24)/t13-/m0/s1. The zero-order valence-electron chi connectivity index (χ0n) is 13.9. The number of amides is 1. The van der Waals surface area contributed by atoms with Gasteiger partial charge in [-0.05, 0) is 53.2 Å². The van der Waals surface area contributed by atoms with E-state index in [0.717, 1.165) is 8.95 Å². The Labute approximate surface area is 169 Å². The van der Waals surface area contributed by atoms with E-state index in [-0.39, 0.29) is 12.5 Å². The van der Waals surface area contributed by atoms with Crippen LogP contribution in [0.4, 0.5) is 0 Å². The summed E-state index contributed by atoms with van der Waals surface area (Å²) in [6.07, 6.45) is 5.98. The molecular formula is C19H16Br2N2O3. The Morgan fingerprint density at radius 1 is 1.31 bits per heavy atom. The first-order valence-corrected chi connectivity index (χ1v) is 9.19. The number of para-hydroxylation sites is 1. The summed E-state index contributed by atoms with van der Waals surface area (Å²) in [6.45, 7) is 1.79. The molecule has 2 rings (SSSR count). The van der Waals surface area contributed by atoms with E-state index in [9.17, 15) is 4.79 Å². The maximum atomic E-state index is 12.1. The van der Waals surface area contributed by atoms with Crippen LogP contribution in [0.15, 0.2) is 56.5 Å². The van der Waals surface area contributed by atoms with E-state index in [0.29, 0.717) is 17.1 Å². The van der Waals surface area contributed by atoms with Gasteiger partial charge in [-0.15, -0.1) is 6.42 Å². The van der Waals surface area contributed by atoms with E-state index in [2.05, 4.69) is 48.3 Å². The van der Waals surface area contributed by atoms with Gasteiger partial charge in [-0.25, -0.2) is 5.43 Å². The van der Waals surface area contributed by atoms with Crippen LogP contribution in [0, 0.1) is 12.3 Å². The molecule has 1 N–H and O–H groups in total. The van der Waals surface area contributed by atoms with Crippen molar-refractivity contribution >= 4 is 44.0 Å². The minimum Gasteiger partial charge on any atom is -0.480 e. The summed E-state index contributed by atoms with van der Waals surface area (Å²) in [5, 5.41) is 3.97. The minimum absolute atomic E-state index is 0.145. The quantitative estimate of drug-likeness (QED) is 0.369. The number of ether oxygens (including phenoxy) is 2. The van der Waals surface area contributed by atoms with Crippen molar-refractivity contribution in [3.8, 4) is 23.8 Å². The van der Waals surface area contributed by atoms with Crippen LogP contribution in [0.25, 0.3) is 0 Å². The fourth-order valence-corrected chi connectivity index (χ4v) is 2.67. The molecule has 0 fully saturated rings. The second kappa shape index (κ2) is 10.00. The van der Waals surface area contributed by atoms with E-state index >= 15 is 0 Å². The lowest BCUT2D eigenvalue weighted by Gasteiger charge is -2.14. The monoisotopic (exact) mass is 478 g/mol. The first-order valence-electron chi connectivity index (χ1n) is 7.61. The molecule has 0 aliphatic carbocycles. The van der Waals surface area contributed by atoms with E-state index in [1.165, 1.54) is 6.21 Å². The molecule has 0 radical (unpaired) electrons. The summed E-state index contributed by atoms with van der Waals surface area (Å²) in [5.74, 6) is 3.18. The van der Waals surface area contributed by atoms with Crippen molar-refractivity contribution < 1.29 is 14.3 Å². The molecule has 0 unspecified atom stereocenters. The first kappa shape index (κ1) is 20.0. The highest BCUT2D eigenvalue weighted by molar-refractivity contribution is 9.10. The molecule has 0 spiro atoms. The Balaban J connectivity index is 1.99. The molecule has 0 aliphatic heterocycles. The molecule has 0 bridgehead atoms. The van der Waals surface area contributed by atoms with Crippen molar-refractivity contribution in [2.45, 2.75) is 13.0 Å². The van der Waals surface area contributed by atoms with Gasteiger partial charge in [0.1, 0.15) is 18.1 Å². The summed E-state index contributed by atoms with van der Waals surface area (Å²) in [5.41, 5.74) is 3.13. The first-order chi connectivity index (χ1) is 12.5. The Bertz CT molecular complexity index is 847. The number of carbonyl (C=O) groups is 1. The Hall–Kier alpha value is -2.30. The van der Waals surface area contributed by atoms with E-state index < -0.39 is 6.10 Å². The van der Waals surface area contributed by atoms with E-state index in [4.69, 9.17) is 15.9 Å². The van der Waals surface area contributed by atoms with Gasteiger partial charge in [0.25, 0.3) is 5.91 Å². The molecular weight excluding hydrogens is 464 g/mol. The molecule has 2 aromatic carbocycles. The van der Waals surface area contributed by atoms with Crippen LogP contribution >= 0.6 is 31.9 Å². The third-order valence-electron chi connectivity index (χ3n) is 3.17. The molecule has 1 atom stereocenters. The Morgan fingerprint density at radius 3 is 2.81 bits per heavy atom. The Morgan fingerprint density at radius 2 is 2.08 bits per heavy atom. The second-order valence-electron chi connectivity index (χ2n) is 5.10.